The monoisotopic (exact) mass is 351 g/mol. The van der Waals surface area contributed by atoms with Crippen LogP contribution in [0.15, 0.2) is 40.9 Å². The van der Waals surface area contributed by atoms with Crippen molar-refractivity contribution in [3.8, 4) is 0 Å². The van der Waals surface area contributed by atoms with Gasteiger partial charge in [-0.15, -0.1) is 0 Å². The molecule has 0 atom stereocenters. The summed E-state index contributed by atoms with van der Waals surface area (Å²) < 4.78 is 1.00. The molecule has 0 aliphatic rings. The van der Waals surface area contributed by atoms with E-state index in [2.05, 4.69) is 28.2 Å². The van der Waals surface area contributed by atoms with Crippen molar-refractivity contribution in [2.45, 2.75) is 20.3 Å². The minimum Gasteiger partial charge on any atom is -0.322 e. The Morgan fingerprint density at radius 1 is 1.30 bits per heavy atom. The summed E-state index contributed by atoms with van der Waals surface area (Å²) in [6, 6.07) is 11.3. The molecule has 0 bridgehead atoms. The Morgan fingerprint density at radius 3 is 2.75 bits per heavy atom. The molecule has 0 saturated carbocycles. The fourth-order valence-electron chi connectivity index (χ4n) is 1.99. The fraction of sp³-hybridized carbons (Fsp3) is 0.188. The molecule has 0 fully saturated rings. The smallest absolute Gasteiger partial charge is 0.257 e. The van der Waals surface area contributed by atoms with E-state index < -0.39 is 0 Å². The van der Waals surface area contributed by atoms with E-state index >= 15 is 0 Å². The molecule has 0 spiro atoms. The first-order valence-corrected chi connectivity index (χ1v) is 7.55. The van der Waals surface area contributed by atoms with Gasteiger partial charge in [0.2, 0.25) is 0 Å². The molecule has 2 nitrogen and oxygen atoms in total. The van der Waals surface area contributed by atoms with Gasteiger partial charge in [0.15, 0.2) is 0 Å². The summed E-state index contributed by atoms with van der Waals surface area (Å²) >= 11 is 9.62. The Morgan fingerprint density at radius 2 is 2.05 bits per heavy atom. The number of carbonyl (C=O) groups excluding carboxylic acids is 1. The van der Waals surface area contributed by atoms with Crippen molar-refractivity contribution in [2.75, 3.05) is 5.32 Å². The average Bonchev–Trinajstić information content (AvgIpc) is 2.43. The van der Waals surface area contributed by atoms with Crippen molar-refractivity contribution in [1.82, 2.24) is 0 Å². The van der Waals surface area contributed by atoms with Gasteiger partial charge in [0.05, 0.1) is 10.6 Å². The molecule has 0 radical (unpaired) electrons. The van der Waals surface area contributed by atoms with Crippen molar-refractivity contribution >= 4 is 39.1 Å². The predicted molar refractivity (Wildman–Crippen MR) is 87.7 cm³/mol. The quantitative estimate of drug-likeness (QED) is 0.805. The lowest BCUT2D eigenvalue weighted by atomic mass is 10.1. The van der Waals surface area contributed by atoms with E-state index in [9.17, 15) is 4.79 Å². The molecule has 104 valence electrons. The third-order valence-corrected chi connectivity index (χ3v) is 4.13. The Hall–Kier alpha value is -1.32. The van der Waals surface area contributed by atoms with Crippen LogP contribution >= 0.6 is 27.5 Å². The Balaban J connectivity index is 2.30. The maximum absolute atomic E-state index is 12.3. The van der Waals surface area contributed by atoms with Crippen LogP contribution in [0, 0.1) is 6.92 Å². The number of anilines is 1. The van der Waals surface area contributed by atoms with Crippen molar-refractivity contribution in [3.63, 3.8) is 0 Å². The zero-order chi connectivity index (χ0) is 14.7. The lowest BCUT2D eigenvalue weighted by molar-refractivity contribution is 0.102. The van der Waals surface area contributed by atoms with Crippen LogP contribution in [0.2, 0.25) is 5.02 Å². The van der Waals surface area contributed by atoms with Crippen LogP contribution in [0.4, 0.5) is 5.69 Å². The van der Waals surface area contributed by atoms with Gasteiger partial charge >= 0.3 is 0 Å². The molecule has 0 aliphatic carbocycles. The van der Waals surface area contributed by atoms with Gasteiger partial charge in [-0.3, -0.25) is 4.79 Å². The molecular formula is C16H15BrClNO. The number of benzene rings is 2. The highest BCUT2D eigenvalue weighted by Crippen LogP contribution is 2.25. The SMILES string of the molecule is CCc1cc(Br)ccc1NC(=O)c1cccc(C)c1Cl. The van der Waals surface area contributed by atoms with Crippen LogP contribution in [0.1, 0.15) is 28.4 Å². The molecule has 2 aromatic carbocycles. The largest absolute Gasteiger partial charge is 0.322 e. The maximum Gasteiger partial charge on any atom is 0.257 e. The second-order valence-electron chi connectivity index (χ2n) is 4.55. The Kier molecular flexibility index (Phi) is 4.84. The van der Waals surface area contributed by atoms with Gasteiger partial charge in [0.1, 0.15) is 0 Å². The zero-order valence-electron chi connectivity index (χ0n) is 11.3. The summed E-state index contributed by atoms with van der Waals surface area (Å²) in [6.07, 6.45) is 0.844. The summed E-state index contributed by atoms with van der Waals surface area (Å²) in [6.45, 7) is 3.94. The van der Waals surface area contributed by atoms with Gasteiger partial charge in [0.25, 0.3) is 5.91 Å². The van der Waals surface area contributed by atoms with E-state index in [0.717, 1.165) is 27.7 Å². The maximum atomic E-state index is 12.3. The number of carbonyl (C=O) groups is 1. The minimum atomic E-state index is -0.185. The van der Waals surface area contributed by atoms with Crippen LogP contribution in [-0.4, -0.2) is 5.91 Å². The number of aryl methyl sites for hydroxylation is 2. The van der Waals surface area contributed by atoms with Crippen molar-refractivity contribution in [2.24, 2.45) is 0 Å². The van der Waals surface area contributed by atoms with Crippen LogP contribution in [-0.2, 0) is 6.42 Å². The first kappa shape index (κ1) is 15.1. The highest BCUT2D eigenvalue weighted by atomic mass is 79.9. The molecule has 2 aromatic rings. The zero-order valence-corrected chi connectivity index (χ0v) is 13.7. The van der Waals surface area contributed by atoms with Gasteiger partial charge in [-0.25, -0.2) is 0 Å². The van der Waals surface area contributed by atoms with Crippen molar-refractivity contribution < 1.29 is 4.79 Å². The summed E-state index contributed by atoms with van der Waals surface area (Å²) in [5, 5.41) is 3.43. The summed E-state index contributed by atoms with van der Waals surface area (Å²) in [5.74, 6) is -0.185. The number of rotatable bonds is 3. The number of amides is 1. The second-order valence-corrected chi connectivity index (χ2v) is 5.84. The molecule has 0 heterocycles. The summed E-state index contributed by atoms with van der Waals surface area (Å²) in [7, 11) is 0. The van der Waals surface area contributed by atoms with Crippen molar-refractivity contribution in [3.05, 3.63) is 62.6 Å². The van der Waals surface area contributed by atoms with Gasteiger partial charge in [-0.1, -0.05) is 46.6 Å². The van der Waals surface area contributed by atoms with E-state index in [0.29, 0.717) is 10.6 Å². The molecule has 1 N–H and O–H groups in total. The molecule has 0 aromatic heterocycles. The van der Waals surface area contributed by atoms with Gasteiger partial charge in [-0.2, -0.15) is 0 Å². The molecule has 0 saturated heterocycles. The van der Waals surface area contributed by atoms with Crippen LogP contribution in [0.3, 0.4) is 0 Å². The highest BCUT2D eigenvalue weighted by molar-refractivity contribution is 9.10. The first-order valence-electron chi connectivity index (χ1n) is 6.37. The predicted octanol–water partition coefficient (Wildman–Crippen LogP) is 5.23. The van der Waals surface area contributed by atoms with Gasteiger partial charge < -0.3 is 5.32 Å². The van der Waals surface area contributed by atoms with Crippen LogP contribution < -0.4 is 5.32 Å². The molecule has 0 unspecified atom stereocenters. The number of hydrogen-bond donors (Lipinski definition) is 1. The van der Waals surface area contributed by atoms with E-state index in [1.807, 2.05) is 37.3 Å². The summed E-state index contributed by atoms with van der Waals surface area (Å²) in [4.78, 5) is 12.3. The van der Waals surface area contributed by atoms with Crippen LogP contribution in [0.25, 0.3) is 0 Å². The normalized spacial score (nSPS) is 10.4. The number of nitrogens with one attached hydrogen (secondary N) is 1. The number of hydrogen-bond acceptors (Lipinski definition) is 1. The molecule has 4 heteroatoms. The third kappa shape index (κ3) is 3.22. The lowest BCUT2D eigenvalue weighted by Gasteiger charge is -2.12. The van der Waals surface area contributed by atoms with Crippen LogP contribution in [0.5, 0.6) is 0 Å². The van der Waals surface area contributed by atoms with E-state index in [1.165, 1.54) is 0 Å². The minimum absolute atomic E-state index is 0.185. The Bertz CT molecular complexity index is 655. The van der Waals surface area contributed by atoms with E-state index in [4.69, 9.17) is 11.6 Å². The molecule has 20 heavy (non-hydrogen) atoms. The molecular weight excluding hydrogens is 338 g/mol. The van der Waals surface area contributed by atoms with Gasteiger partial charge in [-0.05, 0) is 48.7 Å². The summed E-state index contributed by atoms with van der Waals surface area (Å²) in [5.41, 5.74) is 3.29. The third-order valence-electron chi connectivity index (χ3n) is 3.13. The van der Waals surface area contributed by atoms with Crippen molar-refractivity contribution in [1.29, 1.82) is 0 Å². The Labute approximate surface area is 132 Å². The number of halogens is 2. The standard InChI is InChI=1S/C16H15BrClNO/c1-3-11-9-12(17)7-8-14(11)19-16(20)13-6-4-5-10(2)15(13)18/h4-9H,3H2,1-2H3,(H,19,20). The molecule has 0 aliphatic heterocycles. The molecule has 1 amide bonds. The fourth-order valence-corrected chi connectivity index (χ4v) is 2.61. The highest BCUT2D eigenvalue weighted by Gasteiger charge is 2.13. The molecule has 2 rings (SSSR count). The van der Waals surface area contributed by atoms with E-state index in [1.54, 1.807) is 6.07 Å². The lowest BCUT2D eigenvalue weighted by Crippen LogP contribution is -2.14. The first-order chi connectivity index (χ1) is 9.52. The average molecular weight is 353 g/mol. The topological polar surface area (TPSA) is 29.1 Å². The second kappa shape index (κ2) is 6.42. The van der Waals surface area contributed by atoms with Gasteiger partial charge in [0, 0.05) is 10.2 Å². The van der Waals surface area contributed by atoms with E-state index in [-0.39, 0.29) is 5.91 Å².